The van der Waals surface area contributed by atoms with E-state index in [1.54, 1.807) is 6.20 Å². The molecule has 0 aliphatic heterocycles. The molecule has 3 nitrogen and oxygen atoms in total. The number of nitrogens with zero attached hydrogens (tertiary/aromatic N) is 2. The average molecular weight is 231 g/mol. The molecule has 0 saturated heterocycles. The van der Waals surface area contributed by atoms with Gasteiger partial charge in [-0.05, 0) is 24.6 Å². The quantitative estimate of drug-likeness (QED) is 0.808. The Balaban J connectivity index is 2.60. The summed E-state index contributed by atoms with van der Waals surface area (Å²) in [6, 6.07) is 3.86. The minimum atomic E-state index is 0.619. The predicted octanol–water partition coefficient (Wildman–Crippen LogP) is 3.07. The van der Waals surface area contributed by atoms with Crippen molar-refractivity contribution in [1.82, 2.24) is 15.0 Å². The molecular formula is C12H13N3S. The number of H-pyrrole nitrogens is 1. The van der Waals surface area contributed by atoms with Crippen molar-refractivity contribution in [2.75, 3.05) is 0 Å². The van der Waals surface area contributed by atoms with Gasteiger partial charge >= 0.3 is 0 Å². The number of nitrogens with one attached hydrogen (secondary N) is 1. The molecule has 82 valence electrons. The molecule has 0 aromatic carbocycles. The Morgan fingerprint density at radius 1 is 1.44 bits per heavy atom. The molecule has 16 heavy (non-hydrogen) atoms. The molecule has 0 aliphatic rings. The summed E-state index contributed by atoms with van der Waals surface area (Å²) < 4.78 is 0.619. The van der Waals surface area contributed by atoms with Crippen molar-refractivity contribution in [3.05, 3.63) is 40.6 Å². The zero-order chi connectivity index (χ0) is 11.5. The Hall–Kier alpha value is -1.55. The molecular weight excluding hydrogens is 218 g/mol. The van der Waals surface area contributed by atoms with Gasteiger partial charge in [-0.25, -0.2) is 4.98 Å². The van der Waals surface area contributed by atoms with Crippen LogP contribution >= 0.6 is 12.2 Å². The largest absolute Gasteiger partial charge is 0.343 e. The first kappa shape index (κ1) is 11.0. The second-order valence-electron chi connectivity index (χ2n) is 3.62. The SMILES string of the molecule is CCc1nc(=S)cc(-c2cnccc2C)[nH]1. The van der Waals surface area contributed by atoms with Crippen molar-refractivity contribution in [2.24, 2.45) is 0 Å². The van der Waals surface area contributed by atoms with Crippen LogP contribution in [0.5, 0.6) is 0 Å². The van der Waals surface area contributed by atoms with Crippen LogP contribution < -0.4 is 0 Å². The van der Waals surface area contributed by atoms with E-state index >= 15 is 0 Å². The number of hydrogen-bond donors (Lipinski definition) is 1. The van der Waals surface area contributed by atoms with Crippen molar-refractivity contribution >= 4 is 12.2 Å². The number of aromatic amines is 1. The summed E-state index contributed by atoms with van der Waals surface area (Å²) in [6.45, 7) is 4.10. The van der Waals surface area contributed by atoms with Crippen molar-refractivity contribution < 1.29 is 0 Å². The molecule has 0 spiro atoms. The Morgan fingerprint density at radius 3 is 2.94 bits per heavy atom. The summed E-state index contributed by atoms with van der Waals surface area (Å²) in [5, 5.41) is 0. The number of pyridine rings is 1. The molecule has 2 heterocycles. The number of hydrogen-bond acceptors (Lipinski definition) is 3. The molecule has 0 bridgehead atoms. The van der Waals surface area contributed by atoms with Crippen LogP contribution in [0.1, 0.15) is 18.3 Å². The summed E-state index contributed by atoms with van der Waals surface area (Å²) >= 11 is 5.15. The van der Waals surface area contributed by atoms with E-state index in [1.165, 1.54) is 5.56 Å². The van der Waals surface area contributed by atoms with Gasteiger partial charge in [-0.15, -0.1) is 0 Å². The standard InChI is InChI=1S/C12H13N3S/c1-3-11-14-10(6-12(16)15-11)9-7-13-5-4-8(9)2/h4-7H,3H2,1-2H3,(H,14,15,16). The van der Waals surface area contributed by atoms with Crippen LogP contribution in [0, 0.1) is 11.6 Å². The molecule has 2 rings (SSSR count). The maximum atomic E-state index is 5.15. The highest BCUT2D eigenvalue weighted by atomic mass is 32.1. The fourth-order valence-electron chi connectivity index (χ4n) is 1.57. The summed E-state index contributed by atoms with van der Waals surface area (Å²) in [6.07, 6.45) is 4.47. The van der Waals surface area contributed by atoms with Gasteiger partial charge in [-0.3, -0.25) is 4.98 Å². The number of aromatic nitrogens is 3. The first-order valence-electron chi connectivity index (χ1n) is 5.22. The third kappa shape index (κ3) is 2.17. The smallest absolute Gasteiger partial charge is 0.130 e. The van der Waals surface area contributed by atoms with Gasteiger partial charge in [0.2, 0.25) is 0 Å². The third-order valence-corrected chi connectivity index (χ3v) is 2.67. The summed E-state index contributed by atoms with van der Waals surface area (Å²) in [5.41, 5.74) is 3.24. The fourth-order valence-corrected chi connectivity index (χ4v) is 1.79. The Bertz CT molecular complexity index is 560. The summed E-state index contributed by atoms with van der Waals surface area (Å²) in [7, 11) is 0. The lowest BCUT2D eigenvalue weighted by atomic mass is 10.1. The lowest BCUT2D eigenvalue weighted by Crippen LogP contribution is -1.96. The van der Waals surface area contributed by atoms with E-state index in [2.05, 4.69) is 21.9 Å². The zero-order valence-electron chi connectivity index (χ0n) is 9.32. The topological polar surface area (TPSA) is 41.6 Å². The van der Waals surface area contributed by atoms with E-state index in [1.807, 2.05) is 25.3 Å². The first-order chi connectivity index (χ1) is 7.70. The van der Waals surface area contributed by atoms with Gasteiger partial charge in [0.1, 0.15) is 10.5 Å². The lowest BCUT2D eigenvalue weighted by Gasteiger charge is -2.06. The van der Waals surface area contributed by atoms with Gasteiger partial charge in [0, 0.05) is 24.4 Å². The van der Waals surface area contributed by atoms with E-state index in [0.717, 1.165) is 23.5 Å². The van der Waals surface area contributed by atoms with Crippen molar-refractivity contribution in [3.63, 3.8) is 0 Å². The Labute approximate surface area is 99.6 Å². The molecule has 0 saturated carbocycles. The second-order valence-corrected chi connectivity index (χ2v) is 4.04. The minimum Gasteiger partial charge on any atom is -0.343 e. The summed E-state index contributed by atoms with van der Waals surface area (Å²) in [4.78, 5) is 11.7. The highest BCUT2D eigenvalue weighted by molar-refractivity contribution is 7.71. The molecule has 0 amide bonds. The highest BCUT2D eigenvalue weighted by Crippen LogP contribution is 2.19. The van der Waals surface area contributed by atoms with E-state index in [0.29, 0.717) is 4.64 Å². The van der Waals surface area contributed by atoms with Crippen LogP contribution in [0.15, 0.2) is 24.5 Å². The van der Waals surface area contributed by atoms with Gasteiger partial charge in [-0.2, -0.15) is 0 Å². The van der Waals surface area contributed by atoms with Gasteiger partial charge in [-0.1, -0.05) is 19.1 Å². The van der Waals surface area contributed by atoms with Crippen LogP contribution in [0.4, 0.5) is 0 Å². The fraction of sp³-hybridized carbons (Fsp3) is 0.250. The number of aryl methyl sites for hydroxylation is 2. The van der Waals surface area contributed by atoms with Gasteiger partial charge in [0.15, 0.2) is 0 Å². The molecule has 2 aromatic rings. The van der Waals surface area contributed by atoms with Crippen molar-refractivity contribution in [1.29, 1.82) is 0 Å². The average Bonchev–Trinajstić information content (AvgIpc) is 2.28. The Kier molecular flexibility index (Phi) is 3.10. The molecule has 0 fully saturated rings. The maximum absolute atomic E-state index is 5.15. The zero-order valence-corrected chi connectivity index (χ0v) is 10.1. The summed E-state index contributed by atoms with van der Waals surface area (Å²) in [5.74, 6) is 0.908. The van der Waals surface area contributed by atoms with E-state index in [-0.39, 0.29) is 0 Å². The molecule has 4 heteroatoms. The van der Waals surface area contributed by atoms with Gasteiger partial charge < -0.3 is 4.98 Å². The van der Waals surface area contributed by atoms with Crippen molar-refractivity contribution in [2.45, 2.75) is 20.3 Å². The van der Waals surface area contributed by atoms with Crippen LogP contribution in [0.2, 0.25) is 0 Å². The van der Waals surface area contributed by atoms with Crippen LogP contribution in [-0.4, -0.2) is 15.0 Å². The molecule has 1 N–H and O–H groups in total. The minimum absolute atomic E-state index is 0.619. The molecule has 0 atom stereocenters. The van der Waals surface area contributed by atoms with Gasteiger partial charge in [0.25, 0.3) is 0 Å². The maximum Gasteiger partial charge on any atom is 0.130 e. The molecule has 0 radical (unpaired) electrons. The van der Waals surface area contributed by atoms with Crippen LogP contribution in [0.25, 0.3) is 11.3 Å². The van der Waals surface area contributed by atoms with E-state index < -0.39 is 0 Å². The third-order valence-electron chi connectivity index (χ3n) is 2.46. The predicted molar refractivity (Wildman–Crippen MR) is 66.8 cm³/mol. The second kappa shape index (κ2) is 4.53. The highest BCUT2D eigenvalue weighted by Gasteiger charge is 2.03. The monoisotopic (exact) mass is 231 g/mol. The van der Waals surface area contributed by atoms with Crippen LogP contribution in [0.3, 0.4) is 0 Å². The van der Waals surface area contributed by atoms with E-state index in [4.69, 9.17) is 12.2 Å². The van der Waals surface area contributed by atoms with Crippen molar-refractivity contribution in [3.8, 4) is 11.3 Å². The Morgan fingerprint density at radius 2 is 2.25 bits per heavy atom. The van der Waals surface area contributed by atoms with E-state index in [9.17, 15) is 0 Å². The first-order valence-corrected chi connectivity index (χ1v) is 5.62. The lowest BCUT2D eigenvalue weighted by molar-refractivity contribution is 0.935. The van der Waals surface area contributed by atoms with Crippen LogP contribution in [-0.2, 0) is 6.42 Å². The molecule has 0 aliphatic carbocycles. The number of rotatable bonds is 2. The normalized spacial score (nSPS) is 10.4. The molecule has 0 unspecified atom stereocenters. The molecule has 2 aromatic heterocycles. The van der Waals surface area contributed by atoms with Gasteiger partial charge in [0.05, 0.1) is 5.69 Å².